The van der Waals surface area contributed by atoms with Crippen LogP contribution >= 0.6 is 11.6 Å². The van der Waals surface area contributed by atoms with E-state index in [4.69, 9.17) is 11.6 Å². The van der Waals surface area contributed by atoms with E-state index in [1.165, 1.54) is 22.3 Å². The molecular weight excluding hydrogens is 448 g/mol. The maximum atomic E-state index is 6.48. The SMILES string of the molecule is Clc1cc(CCc2ccc(-c3ccccn3)cc2)cc(CCc2ccc(-c3ccccn3)cc2)c1. The maximum absolute atomic E-state index is 6.48. The van der Waals surface area contributed by atoms with Gasteiger partial charge in [0.25, 0.3) is 0 Å². The van der Waals surface area contributed by atoms with E-state index >= 15 is 0 Å². The minimum atomic E-state index is 0.813. The van der Waals surface area contributed by atoms with E-state index in [9.17, 15) is 0 Å². The van der Waals surface area contributed by atoms with Crippen molar-refractivity contribution in [1.82, 2.24) is 9.97 Å². The van der Waals surface area contributed by atoms with Gasteiger partial charge >= 0.3 is 0 Å². The maximum Gasteiger partial charge on any atom is 0.0701 e. The summed E-state index contributed by atoms with van der Waals surface area (Å²) in [7, 11) is 0. The highest BCUT2D eigenvalue weighted by atomic mass is 35.5. The van der Waals surface area contributed by atoms with Crippen LogP contribution in [0, 0.1) is 0 Å². The molecule has 0 atom stereocenters. The summed E-state index contributed by atoms with van der Waals surface area (Å²) in [6, 6.07) is 35.9. The summed E-state index contributed by atoms with van der Waals surface area (Å²) in [6.45, 7) is 0. The minimum Gasteiger partial charge on any atom is -0.256 e. The van der Waals surface area contributed by atoms with Crippen molar-refractivity contribution in [2.24, 2.45) is 0 Å². The Morgan fingerprint density at radius 3 is 1.29 bits per heavy atom. The lowest BCUT2D eigenvalue weighted by Gasteiger charge is -2.09. The quantitative estimate of drug-likeness (QED) is 0.227. The second-order valence-electron chi connectivity index (χ2n) is 8.79. The molecule has 3 heteroatoms. The molecule has 172 valence electrons. The first kappa shape index (κ1) is 23.0. The molecule has 0 radical (unpaired) electrons. The van der Waals surface area contributed by atoms with Gasteiger partial charge in [-0.25, -0.2) is 0 Å². The first-order valence-corrected chi connectivity index (χ1v) is 12.4. The Kier molecular flexibility index (Phi) is 7.31. The summed E-state index contributed by atoms with van der Waals surface area (Å²) < 4.78 is 0. The predicted molar refractivity (Wildman–Crippen MR) is 146 cm³/mol. The first-order valence-electron chi connectivity index (χ1n) is 12.0. The van der Waals surface area contributed by atoms with Gasteiger partial charge in [0.2, 0.25) is 0 Å². The number of hydrogen-bond acceptors (Lipinski definition) is 2. The lowest BCUT2D eigenvalue weighted by atomic mass is 9.98. The Morgan fingerprint density at radius 1 is 0.457 bits per heavy atom. The highest BCUT2D eigenvalue weighted by Gasteiger charge is 2.05. The molecule has 0 fully saturated rings. The summed E-state index contributed by atoms with van der Waals surface area (Å²) in [5, 5.41) is 0.813. The van der Waals surface area contributed by atoms with Crippen LogP contribution in [0.1, 0.15) is 22.3 Å². The topological polar surface area (TPSA) is 25.8 Å². The highest BCUT2D eigenvalue weighted by Crippen LogP contribution is 2.22. The molecule has 3 aromatic carbocycles. The van der Waals surface area contributed by atoms with Crippen LogP contribution in [0.25, 0.3) is 22.5 Å². The molecule has 35 heavy (non-hydrogen) atoms. The van der Waals surface area contributed by atoms with Crippen molar-refractivity contribution < 1.29 is 0 Å². The fourth-order valence-corrected chi connectivity index (χ4v) is 4.62. The fraction of sp³-hybridized carbons (Fsp3) is 0.125. The largest absolute Gasteiger partial charge is 0.256 e. The highest BCUT2D eigenvalue weighted by molar-refractivity contribution is 6.30. The Balaban J connectivity index is 1.19. The van der Waals surface area contributed by atoms with Gasteiger partial charge in [-0.05, 0) is 84.3 Å². The van der Waals surface area contributed by atoms with Crippen LogP contribution < -0.4 is 0 Å². The van der Waals surface area contributed by atoms with Gasteiger partial charge in [-0.15, -0.1) is 0 Å². The van der Waals surface area contributed by atoms with Crippen molar-refractivity contribution in [2.45, 2.75) is 25.7 Å². The van der Waals surface area contributed by atoms with E-state index in [0.717, 1.165) is 53.2 Å². The molecule has 0 saturated carbocycles. The Hall–Kier alpha value is -3.75. The van der Waals surface area contributed by atoms with E-state index in [0.29, 0.717) is 0 Å². The molecule has 0 aliphatic heterocycles. The van der Waals surface area contributed by atoms with Crippen LogP contribution in [0.5, 0.6) is 0 Å². The second-order valence-corrected chi connectivity index (χ2v) is 9.23. The normalized spacial score (nSPS) is 10.9. The minimum absolute atomic E-state index is 0.813. The Bertz CT molecular complexity index is 1260. The van der Waals surface area contributed by atoms with Crippen molar-refractivity contribution in [3.63, 3.8) is 0 Å². The van der Waals surface area contributed by atoms with E-state index in [2.05, 4.69) is 76.7 Å². The summed E-state index contributed by atoms with van der Waals surface area (Å²) in [4.78, 5) is 8.86. The number of benzene rings is 3. The summed E-state index contributed by atoms with van der Waals surface area (Å²) >= 11 is 6.48. The van der Waals surface area contributed by atoms with Crippen LogP contribution in [-0.2, 0) is 25.7 Å². The van der Waals surface area contributed by atoms with Crippen LogP contribution in [0.2, 0.25) is 5.02 Å². The molecule has 2 nitrogen and oxygen atoms in total. The number of aryl methyl sites for hydroxylation is 4. The van der Waals surface area contributed by atoms with Crippen molar-refractivity contribution in [3.8, 4) is 22.5 Å². The van der Waals surface area contributed by atoms with E-state index < -0.39 is 0 Å². The Morgan fingerprint density at radius 2 is 0.886 bits per heavy atom. The van der Waals surface area contributed by atoms with E-state index in [1.54, 1.807) is 0 Å². The van der Waals surface area contributed by atoms with Crippen molar-refractivity contribution in [3.05, 3.63) is 143 Å². The summed E-state index contributed by atoms with van der Waals surface area (Å²) in [5.41, 5.74) is 9.51. The lowest BCUT2D eigenvalue weighted by molar-refractivity contribution is 0.931. The number of rotatable bonds is 8. The molecule has 2 aromatic heterocycles. The number of aromatic nitrogens is 2. The average molecular weight is 475 g/mol. The van der Waals surface area contributed by atoms with Gasteiger partial charge < -0.3 is 0 Å². The molecule has 0 aliphatic rings. The average Bonchev–Trinajstić information content (AvgIpc) is 2.92. The van der Waals surface area contributed by atoms with Gasteiger partial charge in [0.1, 0.15) is 0 Å². The van der Waals surface area contributed by atoms with Gasteiger partial charge in [0.05, 0.1) is 11.4 Å². The zero-order valence-corrected chi connectivity index (χ0v) is 20.3. The monoisotopic (exact) mass is 474 g/mol. The molecule has 0 bridgehead atoms. The fourth-order valence-electron chi connectivity index (χ4n) is 4.33. The van der Waals surface area contributed by atoms with Gasteiger partial charge in [-0.1, -0.05) is 78.3 Å². The van der Waals surface area contributed by atoms with Gasteiger partial charge in [0, 0.05) is 28.5 Å². The zero-order valence-electron chi connectivity index (χ0n) is 19.6. The third-order valence-electron chi connectivity index (χ3n) is 6.25. The molecule has 0 saturated heterocycles. The van der Waals surface area contributed by atoms with Crippen molar-refractivity contribution in [1.29, 1.82) is 0 Å². The number of nitrogens with zero attached hydrogens (tertiary/aromatic N) is 2. The molecule has 0 spiro atoms. The molecule has 0 N–H and O–H groups in total. The standard InChI is InChI=1S/C32H27ClN2/c33-30-22-26(9-7-24-11-15-28(16-12-24)31-5-1-3-19-34-31)21-27(23-30)10-8-25-13-17-29(18-14-25)32-6-2-4-20-35-32/h1-6,11-23H,7-10H2. The van der Waals surface area contributed by atoms with Crippen LogP contribution in [0.4, 0.5) is 0 Å². The first-order chi connectivity index (χ1) is 17.2. The number of halogens is 1. The molecular formula is C32H27ClN2. The Labute approximate surface area is 212 Å². The molecule has 2 heterocycles. The number of hydrogen-bond donors (Lipinski definition) is 0. The number of pyridine rings is 2. The third-order valence-corrected chi connectivity index (χ3v) is 6.47. The zero-order chi connectivity index (χ0) is 23.9. The summed E-state index contributed by atoms with van der Waals surface area (Å²) in [6.07, 6.45) is 7.56. The third kappa shape index (κ3) is 6.23. The molecule has 0 unspecified atom stereocenters. The van der Waals surface area contributed by atoms with E-state index in [-0.39, 0.29) is 0 Å². The van der Waals surface area contributed by atoms with Crippen molar-refractivity contribution >= 4 is 11.6 Å². The van der Waals surface area contributed by atoms with Gasteiger partial charge in [-0.2, -0.15) is 0 Å². The van der Waals surface area contributed by atoms with Gasteiger partial charge in [0.15, 0.2) is 0 Å². The molecule has 5 aromatic rings. The summed E-state index contributed by atoms with van der Waals surface area (Å²) in [5.74, 6) is 0. The van der Waals surface area contributed by atoms with Crippen LogP contribution in [-0.4, -0.2) is 9.97 Å². The molecule has 5 rings (SSSR count). The van der Waals surface area contributed by atoms with Crippen LogP contribution in [0.3, 0.4) is 0 Å². The van der Waals surface area contributed by atoms with Gasteiger partial charge in [-0.3, -0.25) is 9.97 Å². The van der Waals surface area contributed by atoms with Crippen molar-refractivity contribution in [2.75, 3.05) is 0 Å². The molecule has 0 amide bonds. The van der Waals surface area contributed by atoms with Crippen LogP contribution in [0.15, 0.2) is 116 Å². The molecule has 0 aliphatic carbocycles. The van der Waals surface area contributed by atoms with E-state index in [1.807, 2.05) is 48.8 Å². The lowest BCUT2D eigenvalue weighted by Crippen LogP contribution is -1.96. The smallest absolute Gasteiger partial charge is 0.0701 e. The predicted octanol–water partition coefficient (Wildman–Crippen LogP) is 8.03. The second kappa shape index (κ2) is 11.1.